The van der Waals surface area contributed by atoms with E-state index in [2.05, 4.69) is 9.97 Å². The second-order valence-corrected chi connectivity index (χ2v) is 8.96. The molecule has 8 nitrogen and oxygen atoms in total. The zero-order valence-electron chi connectivity index (χ0n) is 15.6. The second kappa shape index (κ2) is 8.35. The summed E-state index contributed by atoms with van der Waals surface area (Å²) in [7, 11) is -3.06. The van der Waals surface area contributed by atoms with Crippen LogP contribution in [0.1, 0.15) is 12.7 Å². The third-order valence-corrected chi connectivity index (χ3v) is 5.25. The number of ether oxygens (including phenoxy) is 2. The molecule has 0 aliphatic carbocycles. The third kappa shape index (κ3) is 4.65. The van der Waals surface area contributed by atoms with Gasteiger partial charge in [0.05, 0.1) is 24.2 Å². The van der Waals surface area contributed by atoms with Gasteiger partial charge in [-0.3, -0.25) is 4.57 Å². The number of para-hydroxylation sites is 1. The van der Waals surface area contributed by atoms with Gasteiger partial charge in [-0.25, -0.2) is 9.97 Å². The predicted molar refractivity (Wildman–Crippen MR) is 106 cm³/mol. The Kier molecular flexibility index (Phi) is 6.11. The molecule has 3 rings (SSSR count). The molecule has 3 N–H and O–H groups in total. The molecule has 3 aromatic rings. The minimum Gasteiger partial charge on any atom is -0.382 e. The van der Waals surface area contributed by atoms with Crippen molar-refractivity contribution in [2.75, 3.05) is 38.4 Å². The lowest BCUT2D eigenvalue weighted by Crippen LogP contribution is -2.12. The minimum atomic E-state index is -3.06. The van der Waals surface area contributed by atoms with E-state index >= 15 is 0 Å². The summed E-state index contributed by atoms with van der Waals surface area (Å²) in [6, 6.07) is 7.78. The summed E-state index contributed by atoms with van der Waals surface area (Å²) >= 11 is 0. The van der Waals surface area contributed by atoms with Gasteiger partial charge in [0, 0.05) is 31.4 Å². The number of benzene rings is 1. The lowest BCUT2D eigenvalue weighted by atomic mass is 10.2. The van der Waals surface area contributed by atoms with Crippen molar-refractivity contribution in [1.29, 1.82) is 0 Å². The summed E-state index contributed by atoms with van der Waals surface area (Å²) in [6.07, 6.45) is 0.142. The van der Waals surface area contributed by atoms with E-state index in [-0.39, 0.29) is 12.8 Å². The van der Waals surface area contributed by atoms with Crippen LogP contribution in [0.4, 0.5) is 5.82 Å². The van der Waals surface area contributed by atoms with Gasteiger partial charge in [-0.15, -0.1) is 0 Å². The first-order valence-electron chi connectivity index (χ1n) is 8.89. The van der Waals surface area contributed by atoms with Crippen LogP contribution < -0.4 is 5.73 Å². The summed E-state index contributed by atoms with van der Waals surface area (Å²) in [5, 5.41) is 0.963. The van der Waals surface area contributed by atoms with Crippen LogP contribution >= 0.6 is 7.37 Å². The fraction of sp³-hybridized carbons (Fsp3) is 0.444. The number of rotatable bonds is 9. The molecular weight excluding hydrogens is 367 g/mol. The Balaban J connectivity index is 1.93. The summed E-state index contributed by atoms with van der Waals surface area (Å²) in [5.74, 6) is 1.14. The molecule has 27 heavy (non-hydrogen) atoms. The number of fused-ring (bicyclic) bond motifs is 3. The maximum Gasteiger partial charge on any atom is 0.199 e. The molecule has 0 fully saturated rings. The van der Waals surface area contributed by atoms with E-state index < -0.39 is 7.37 Å². The van der Waals surface area contributed by atoms with Gasteiger partial charge in [0.1, 0.15) is 17.9 Å². The summed E-state index contributed by atoms with van der Waals surface area (Å²) in [4.78, 5) is 18.5. The fourth-order valence-electron chi connectivity index (χ4n) is 2.94. The van der Waals surface area contributed by atoms with Gasteiger partial charge < -0.3 is 24.7 Å². The lowest BCUT2D eigenvalue weighted by molar-refractivity contribution is 0.118. The number of hydrogen-bond donors (Lipinski definition) is 2. The summed E-state index contributed by atoms with van der Waals surface area (Å²) < 4.78 is 24.5. The zero-order valence-corrected chi connectivity index (χ0v) is 16.5. The zero-order chi connectivity index (χ0) is 19.4. The van der Waals surface area contributed by atoms with E-state index in [1.165, 1.54) is 6.66 Å². The van der Waals surface area contributed by atoms with Crippen LogP contribution in [0.25, 0.3) is 21.9 Å². The van der Waals surface area contributed by atoms with Crippen molar-refractivity contribution in [1.82, 2.24) is 14.5 Å². The van der Waals surface area contributed by atoms with E-state index in [1.807, 2.05) is 35.8 Å². The van der Waals surface area contributed by atoms with E-state index in [9.17, 15) is 9.46 Å². The molecule has 0 saturated heterocycles. The smallest absolute Gasteiger partial charge is 0.199 e. The molecular formula is C18H25N4O4P. The molecule has 0 aliphatic rings. The first-order chi connectivity index (χ1) is 12.9. The number of imidazole rings is 1. The molecule has 1 aromatic carbocycles. The van der Waals surface area contributed by atoms with Crippen molar-refractivity contribution in [2.24, 2.45) is 0 Å². The Hall–Kier alpha value is -1.99. The van der Waals surface area contributed by atoms with Gasteiger partial charge in [0.2, 0.25) is 0 Å². The van der Waals surface area contributed by atoms with Crippen LogP contribution in [0.5, 0.6) is 0 Å². The number of aromatic nitrogens is 3. The van der Waals surface area contributed by atoms with Crippen molar-refractivity contribution in [3.8, 4) is 0 Å². The molecule has 0 bridgehead atoms. The van der Waals surface area contributed by atoms with Crippen LogP contribution in [-0.2, 0) is 27.2 Å². The molecule has 0 spiro atoms. The van der Waals surface area contributed by atoms with Crippen LogP contribution in [0.2, 0.25) is 0 Å². The average molecular weight is 392 g/mol. The van der Waals surface area contributed by atoms with Crippen molar-refractivity contribution in [3.63, 3.8) is 0 Å². The van der Waals surface area contributed by atoms with Crippen molar-refractivity contribution in [3.05, 3.63) is 30.1 Å². The Morgan fingerprint density at radius 2 is 2.00 bits per heavy atom. The summed E-state index contributed by atoms with van der Waals surface area (Å²) in [6.45, 7) is 5.37. The molecule has 0 amide bonds. The van der Waals surface area contributed by atoms with E-state index in [4.69, 9.17) is 15.2 Å². The molecule has 1 unspecified atom stereocenters. The first-order valence-corrected chi connectivity index (χ1v) is 11.2. The normalized spacial score (nSPS) is 14.0. The van der Waals surface area contributed by atoms with Crippen molar-refractivity contribution in [2.45, 2.75) is 20.1 Å². The highest BCUT2D eigenvalue weighted by atomic mass is 31.2. The number of hydrogen-bond acceptors (Lipinski definition) is 6. The van der Waals surface area contributed by atoms with Gasteiger partial charge in [0.15, 0.2) is 13.2 Å². The number of nitrogens with two attached hydrogens (primary N) is 1. The van der Waals surface area contributed by atoms with Crippen LogP contribution in [0.15, 0.2) is 24.3 Å². The van der Waals surface area contributed by atoms with Gasteiger partial charge in [-0.1, -0.05) is 18.2 Å². The largest absolute Gasteiger partial charge is 0.382 e. The van der Waals surface area contributed by atoms with E-state index in [0.29, 0.717) is 37.7 Å². The maximum absolute atomic E-state index is 11.4. The van der Waals surface area contributed by atoms with Gasteiger partial charge >= 0.3 is 0 Å². The SMILES string of the molecule is CCOCc1nc2c(N)nc3ccccc3c2n1CCOCCP(C)(=O)O. The predicted octanol–water partition coefficient (Wildman–Crippen LogP) is 2.62. The summed E-state index contributed by atoms with van der Waals surface area (Å²) in [5.41, 5.74) is 8.50. The highest BCUT2D eigenvalue weighted by molar-refractivity contribution is 7.57. The average Bonchev–Trinajstić information content (AvgIpc) is 2.98. The molecule has 0 saturated carbocycles. The van der Waals surface area contributed by atoms with Gasteiger partial charge in [-0.2, -0.15) is 0 Å². The van der Waals surface area contributed by atoms with Crippen LogP contribution in [0.3, 0.4) is 0 Å². The molecule has 0 aliphatic heterocycles. The van der Waals surface area contributed by atoms with Gasteiger partial charge in [0.25, 0.3) is 0 Å². The number of anilines is 1. The number of nitrogens with zero attached hydrogens (tertiary/aromatic N) is 3. The second-order valence-electron chi connectivity index (χ2n) is 6.42. The maximum atomic E-state index is 11.4. The highest BCUT2D eigenvalue weighted by Gasteiger charge is 2.17. The highest BCUT2D eigenvalue weighted by Crippen LogP contribution is 2.34. The van der Waals surface area contributed by atoms with Gasteiger partial charge in [-0.05, 0) is 13.0 Å². The third-order valence-electron chi connectivity index (χ3n) is 4.23. The lowest BCUT2D eigenvalue weighted by Gasteiger charge is -2.12. The molecule has 0 radical (unpaired) electrons. The van der Waals surface area contributed by atoms with Crippen molar-refractivity contribution < 1.29 is 18.9 Å². The van der Waals surface area contributed by atoms with Crippen molar-refractivity contribution >= 4 is 35.1 Å². The number of nitrogen functional groups attached to an aromatic ring is 1. The Labute approximate surface area is 157 Å². The van der Waals surface area contributed by atoms with Crippen LogP contribution in [-0.4, -0.2) is 52.1 Å². The number of pyridine rings is 1. The van der Waals surface area contributed by atoms with Crippen LogP contribution in [0, 0.1) is 0 Å². The molecule has 9 heteroatoms. The first kappa shape index (κ1) is 19.8. The minimum absolute atomic E-state index is 0.142. The molecule has 1 atom stereocenters. The molecule has 2 heterocycles. The van der Waals surface area contributed by atoms with E-state index in [1.54, 1.807) is 0 Å². The quantitative estimate of drug-likeness (QED) is 0.425. The molecule has 2 aromatic heterocycles. The standard InChI is InChI=1S/C18H25N4O4P/c1-3-25-12-15-21-16-17(13-6-4-5-7-14(13)20-18(16)19)22(15)8-9-26-10-11-27(2,23)24/h4-7H,3,8-12H2,1-2H3,(H2,19,20)(H,23,24). The topological polar surface area (TPSA) is 112 Å². The van der Waals surface area contributed by atoms with E-state index in [0.717, 1.165) is 22.2 Å². The Morgan fingerprint density at radius 3 is 2.74 bits per heavy atom. The Morgan fingerprint density at radius 1 is 1.22 bits per heavy atom. The monoisotopic (exact) mass is 392 g/mol. The Bertz CT molecular complexity index is 982. The fourth-order valence-corrected chi connectivity index (χ4v) is 3.41. The molecule has 146 valence electrons.